The molecule has 0 saturated heterocycles. The number of pyridine rings is 1. The van der Waals surface area contributed by atoms with Gasteiger partial charge in [0.15, 0.2) is 0 Å². The van der Waals surface area contributed by atoms with Crippen LogP contribution in [0.1, 0.15) is 10.4 Å². The predicted octanol–water partition coefficient (Wildman–Crippen LogP) is 4.27. The summed E-state index contributed by atoms with van der Waals surface area (Å²) in [6.07, 6.45) is 1.63. The summed E-state index contributed by atoms with van der Waals surface area (Å²) in [6.45, 7) is 0. The first-order valence-corrected chi connectivity index (χ1v) is 6.32. The van der Waals surface area contributed by atoms with Crippen LogP contribution < -0.4 is 0 Å². The van der Waals surface area contributed by atoms with Crippen LogP contribution in [0.3, 0.4) is 0 Å². The van der Waals surface area contributed by atoms with Gasteiger partial charge in [0, 0.05) is 16.1 Å². The average Bonchev–Trinajstić information content (AvgIpc) is 2.32. The second-order valence-corrected chi connectivity index (χ2v) is 5.03. The maximum Gasteiger partial charge on any atom is 0.255 e. The van der Waals surface area contributed by atoms with Crippen LogP contribution >= 0.6 is 35.0 Å². The largest absolute Gasteiger partial charge is 0.276 e. The van der Waals surface area contributed by atoms with E-state index in [0.29, 0.717) is 15.6 Å². The number of hydrogen-bond donors (Lipinski definition) is 0. The summed E-state index contributed by atoms with van der Waals surface area (Å²) in [5.74, 6) is 0. The van der Waals surface area contributed by atoms with Crippen molar-refractivity contribution in [2.45, 2.75) is 9.92 Å². The Morgan fingerprint density at radius 1 is 1.18 bits per heavy atom. The van der Waals surface area contributed by atoms with Gasteiger partial charge in [-0.1, -0.05) is 23.4 Å². The Bertz CT molecular complexity index is 542. The van der Waals surface area contributed by atoms with E-state index in [-0.39, 0.29) is 0 Å². The van der Waals surface area contributed by atoms with Crippen molar-refractivity contribution in [2.24, 2.45) is 0 Å². The summed E-state index contributed by atoms with van der Waals surface area (Å²) >= 11 is 12.7. The highest BCUT2D eigenvalue weighted by Gasteiger charge is 2.10. The molecule has 0 bridgehead atoms. The molecule has 17 heavy (non-hydrogen) atoms. The molecule has 2 aromatic rings. The minimum atomic E-state index is -0.505. The lowest BCUT2D eigenvalue weighted by molar-refractivity contribution is 0.107. The van der Waals surface area contributed by atoms with Gasteiger partial charge in [-0.3, -0.25) is 4.79 Å². The second kappa shape index (κ2) is 5.54. The van der Waals surface area contributed by atoms with Crippen molar-refractivity contribution >= 4 is 40.2 Å². The number of nitrogens with zero attached hydrogens (tertiary/aromatic N) is 1. The van der Waals surface area contributed by atoms with Crippen molar-refractivity contribution in [2.75, 3.05) is 0 Å². The van der Waals surface area contributed by atoms with Gasteiger partial charge in [-0.15, -0.1) is 0 Å². The van der Waals surface area contributed by atoms with E-state index in [2.05, 4.69) is 4.98 Å². The fraction of sp³-hybridized carbons (Fsp3) is 0. The molecule has 0 N–H and O–H groups in total. The fourth-order valence-electron chi connectivity index (χ4n) is 1.24. The zero-order chi connectivity index (χ0) is 12.3. The Labute approximate surface area is 113 Å². The first-order valence-electron chi connectivity index (χ1n) is 4.75. The third-order valence-electron chi connectivity index (χ3n) is 2.01. The topological polar surface area (TPSA) is 30.0 Å². The maximum atomic E-state index is 11.2. The van der Waals surface area contributed by atoms with E-state index in [1.54, 1.807) is 30.5 Å². The summed E-state index contributed by atoms with van der Waals surface area (Å²) in [5.41, 5.74) is 0.411. The third-order valence-corrected chi connectivity index (χ3v) is 3.49. The van der Waals surface area contributed by atoms with Gasteiger partial charge in [0.25, 0.3) is 5.24 Å². The monoisotopic (exact) mass is 283 g/mol. The van der Waals surface area contributed by atoms with E-state index in [0.717, 1.165) is 4.90 Å². The van der Waals surface area contributed by atoms with Crippen LogP contribution in [0, 0.1) is 0 Å². The molecule has 0 aliphatic carbocycles. The van der Waals surface area contributed by atoms with Gasteiger partial charge in [-0.05, 0) is 48.0 Å². The third kappa shape index (κ3) is 3.22. The molecule has 1 aromatic heterocycles. The van der Waals surface area contributed by atoms with Crippen molar-refractivity contribution in [3.05, 3.63) is 53.2 Å². The molecule has 0 aliphatic heterocycles. The molecule has 0 spiro atoms. The summed E-state index contributed by atoms with van der Waals surface area (Å²) in [6, 6.07) is 10.6. The zero-order valence-corrected chi connectivity index (χ0v) is 10.9. The lowest BCUT2D eigenvalue weighted by Gasteiger charge is -2.04. The Morgan fingerprint density at radius 3 is 2.53 bits per heavy atom. The molecular weight excluding hydrogens is 277 g/mol. The van der Waals surface area contributed by atoms with Crippen LogP contribution in [0.15, 0.2) is 52.5 Å². The normalized spacial score (nSPS) is 10.2. The molecule has 0 radical (unpaired) electrons. The average molecular weight is 284 g/mol. The highest BCUT2D eigenvalue weighted by atomic mass is 35.5. The Balaban J connectivity index is 2.30. The molecule has 0 atom stereocenters. The molecular formula is C12H7Cl2NOS. The molecule has 2 nitrogen and oxygen atoms in total. The SMILES string of the molecule is O=C(Cl)c1cccnc1Sc1ccc(Cl)cc1. The van der Waals surface area contributed by atoms with E-state index in [1.165, 1.54) is 11.8 Å². The van der Waals surface area contributed by atoms with Gasteiger partial charge in [0.05, 0.1) is 5.56 Å². The summed E-state index contributed by atoms with van der Waals surface area (Å²) in [4.78, 5) is 16.3. The number of halogens is 2. The zero-order valence-electron chi connectivity index (χ0n) is 8.56. The quantitative estimate of drug-likeness (QED) is 0.788. The lowest BCUT2D eigenvalue weighted by atomic mass is 10.3. The summed E-state index contributed by atoms with van der Waals surface area (Å²) < 4.78 is 0. The molecule has 0 aliphatic rings. The number of carbonyl (C=O) groups excluding carboxylic acids is 1. The highest BCUT2D eigenvalue weighted by molar-refractivity contribution is 7.99. The standard InChI is InChI=1S/C12H7Cl2NOS/c13-8-3-5-9(6-4-8)17-12-10(11(14)16)2-1-7-15-12/h1-7H. The molecule has 1 heterocycles. The van der Waals surface area contributed by atoms with Gasteiger partial charge in [0.1, 0.15) is 5.03 Å². The van der Waals surface area contributed by atoms with Crippen molar-refractivity contribution in [1.82, 2.24) is 4.98 Å². The molecule has 0 fully saturated rings. The molecule has 0 saturated carbocycles. The minimum absolute atomic E-state index is 0.411. The maximum absolute atomic E-state index is 11.2. The van der Waals surface area contributed by atoms with E-state index in [4.69, 9.17) is 23.2 Å². The molecule has 86 valence electrons. The predicted molar refractivity (Wildman–Crippen MR) is 70.0 cm³/mol. The van der Waals surface area contributed by atoms with E-state index in [1.807, 2.05) is 12.1 Å². The molecule has 0 unspecified atom stereocenters. The van der Waals surface area contributed by atoms with Crippen molar-refractivity contribution in [3.8, 4) is 0 Å². The summed E-state index contributed by atoms with van der Waals surface area (Å²) in [7, 11) is 0. The van der Waals surface area contributed by atoms with Gasteiger partial charge in [0.2, 0.25) is 0 Å². The molecule has 5 heteroatoms. The number of benzene rings is 1. The van der Waals surface area contributed by atoms with Crippen molar-refractivity contribution < 1.29 is 4.79 Å². The smallest absolute Gasteiger partial charge is 0.255 e. The van der Waals surface area contributed by atoms with Crippen molar-refractivity contribution in [1.29, 1.82) is 0 Å². The van der Waals surface area contributed by atoms with Crippen LogP contribution in [-0.4, -0.2) is 10.2 Å². The van der Waals surface area contributed by atoms with Crippen LogP contribution in [0.25, 0.3) is 0 Å². The van der Waals surface area contributed by atoms with Crippen LogP contribution in [-0.2, 0) is 0 Å². The fourth-order valence-corrected chi connectivity index (χ4v) is 2.45. The summed E-state index contributed by atoms with van der Waals surface area (Å²) in [5, 5.41) is 0.758. The van der Waals surface area contributed by atoms with E-state index >= 15 is 0 Å². The molecule has 0 amide bonds. The number of hydrogen-bond acceptors (Lipinski definition) is 3. The second-order valence-electron chi connectivity index (χ2n) is 3.19. The van der Waals surface area contributed by atoms with Crippen LogP contribution in [0.2, 0.25) is 5.02 Å². The Morgan fingerprint density at radius 2 is 1.88 bits per heavy atom. The highest BCUT2D eigenvalue weighted by Crippen LogP contribution is 2.29. The first kappa shape index (κ1) is 12.4. The van der Waals surface area contributed by atoms with Gasteiger partial charge in [-0.2, -0.15) is 0 Å². The number of aromatic nitrogens is 1. The van der Waals surface area contributed by atoms with Gasteiger partial charge in [-0.25, -0.2) is 4.98 Å². The molecule has 2 rings (SSSR count). The first-order chi connectivity index (χ1) is 8.16. The Hall–Kier alpha value is -1.03. The van der Waals surface area contributed by atoms with Crippen LogP contribution in [0.4, 0.5) is 0 Å². The Kier molecular flexibility index (Phi) is 4.05. The van der Waals surface area contributed by atoms with Crippen molar-refractivity contribution in [3.63, 3.8) is 0 Å². The lowest BCUT2D eigenvalue weighted by Crippen LogP contribution is -1.94. The number of rotatable bonds is 3. The van der Waals surface area contributed by atoms with Crippen LogP contribution in [0.5, 0.6) is 0 Å². The molecule has 1 aromatic carbocycles. The number of carbonyl (C=O) groups is 1. The van der Waals surface area contributed by atoms with E-state index in [9.17, 15) is 4.79 Å². The van der Waals surface area contributed by atoms with Gasteiger partial charge >= 0.3 is 0 Å². The minimum Gasteiger partial charge on any atom is -0.276 e. The van der Waals surface area contributed by atoms with E-state index < -0.39 is 5.24 Å². The van der Waals surface area contributed by atoms with Gasteiger partial charge < -0.3 is 0 Å².